The van der Waals surface area contributed by atoms with Crippen LogP contribution in [0.15, 0.2) is 42.5 Å². The van der Waals surface area contributed by atoms with Crippen LogP contribution in [-0.4, -0.2) is 53.4 Å². The zero-order chi connectivity index (χ0) is 25.3. The second-order valence-corrected chi connectivity index (χ2v) is 8.90. The number of anilines is 1. The summed E-state index contributed by atoms with van der Waals surface area (Å²) in [6, 6.07) is 9.77. The zero-order valence-electron chi connectivity index (χ0n) is 20.0. The summed E-state index contributed by atoms with van der Waals surface area (Å²) < 4.78 is 5.29. The highest BCUT2D eigenvalue weighted by atomic mass is 16.6. The van der Waals surface area contributed by atoms with Crippen LogP contribution in [0.1, 0.15) is 50.4 Å². The number of aromatic hydroxyl groups is 1. The van der Waals surface area contributed by atoms with Crippen molar-refractivity contribution in [1.82, 2.24) is 10.6 Å². The molecule has 184 valence electrons. The van der Waals surface area contributed by atoms with Gasteiger partial charge in [0.25, 0.3) is 0 Å². The second kappa shape index (κ2) is 12.0. The maximum Gasteiger partial charge on any atom is 0.408 e. The summed E-state index contributed by atoms with van der Waals surface area (Å²) >= 11 is 0. The lowest BCUT2D eigenvalue weighted by molar-refractivity contribution is -0.118. The van der Waals surface area contributed by atoms with Crippen molar-refractivity contribution in [1.29, 1.82) is 0 Å². The van der Waals surface area contributed by atoms with Crippen molar-refractivity contribution < 1.29 is 29.3 Å². The van der Waals surface area contributed by atoms with Crippen LogP contribution in [0.3, 0.4) is 0 Å². The van der Waals surface area contributed by atoms with Gasteiger partial charge in [-0.05, 0) is 95.1 Å². The number of ether oxygens (including phenoxy) is 1. The van der Waals surface area contributed by atoms with E-state index in [9.17, 15) is 24.6 Å². The minimum absolute atomic E-state index is 0.00790. The molecule has 0 aliphatic carbocycles. The monoisotopic (exact) mass is 471 g/mol. The summed E-state index contributed by atoms with van der Waals surface area (Å²) in [5.41, 5.74) is 0.509. The molecule has 0 aliphatic rings. The number of amides is 2. The van der Waals surface area contributed by atoms with Gasteiger partial charge in [-0.3, -0.25) is 4.79 Å². The highest BCUT2D eigenvalue weighted by Crippen LogP contribution is 2.29. The fraction of sp³-hybridized carbons (Fsp3) is 0.400. The van der Waals surface area contributed by atoms with Crippen molar-refractivity contribution in [3.8, 4) is 16.9 Å². The fourth-order valence-electron chi connectivity index (χ4n) is 3.32. The molecule has 1 atom stereocenters. The number of carbonyl (C=O) groups excluding carboxylic acids is 2. The first kappa shape index (κ1) is 26.7. The first-order chi connectivity index (χ1) is 16.0. The molecule has 0 radical (unpaired) electrons. The molecule has 9 nitrogen and oxygen atoms in total. The Morgan fingerprint density at radius 3 is 2.41 bits per heavy atom. The van der Waals surface area contributed by atoms with E-state index in [0.29, 0.717) is 29.7 Å². The molecule has 0 spiro atoms. The van der Waals surface area contributed by atoms with Crippen molar-refractivity contribution in [2.75, 3.05) is 18.9 Å². The number of nitrogens with one attached hydrogen (secondary N) is 3. The third-order valence-corrected chi connectivity index (χ3v) is 4.85. The van der Waals surface area contributed by atoms with E-state index in [1.165, 1.54) is 30.3 Å². The minimum Gasteiger partial charge on any atom is -0.508 e. The smallest absolute Gasteiger partial charge is 0.408 e. The standard InChI is InChI=1S/C25H33N3O6/c1-25(2,3)34-24(33)28-21(10-5-6-13-26-4)22(30)27-17-11-12-19(23(31)32)20(15-17)16-8-7-9-18(29)14-16/h7-9,11-12,14-15,21,26,29H,5-6,10,13H2,1-4H3,(H,27,30)(H,28,33)(H,31,32)/t21-/m0/s1. The van der Waals surface area contributed by atoms with Gasteiger partial charge in [0, 0.05) is 5.69 Å². The molecule has 2 rings (SSSR count). The first-order valence-corrected chi connectivity index (χ1v) is 11.1. The Balaban J connectivity index is 2.26. The van der Waals surface area contributed by atoms with E-state index >= 15 is 0 Å². The van der Waals surface area contributed by atoms with E-state index in [2.05, 4.69) is 16.0 Å². The molecule has 5 N–H and O–H groups in total. The van der Waals surface area contributed by atoms with E-state index < -0.39 is 29.6 Å². The van der Waals surface area contributed by atoms with E-state index in [-0.39, 0.29) is 11.3 Å². The highest BCUT2D eigenvalue weighted by molar-refractivity contribution is 6.00. The molecule has 2 aromatic rings. The molecule has 9 heteroatoms. The number of hydrogen-bond acceptors (Lipinski definition) is 6. The highest BCUT2D eigenvalue weighted by Gasteiger charge is 2.24. The van der Waals surface area contributed by atoms with Crippen molar-refractivity contribution in [2.45, 2.75) is 51.7 Å². The Kier molecular flexibility index (Phi) is 9.44. The summed E-state index contributed by atoms with van der Waals surface area (Å²) in [7, 11) is 1.84. The molecular formula is C25H33N3O6. The van der Waals surface area contributed by atoms with Gasteiger partial charge < -0.3 is 30.9 Å². The van der Waals surface area contributed by atoms with Gasteiger partial charge >= 0.3 is 12.1 Å². The number of rotatable bonds is 10. The lowest BCUT2D eigenvalue weighted by Crippen LogP contribution is -2.45. The maximum atomic E-state index is 13.0. The topological polar surface area (TPSA) is 137 Å². The van der Waals surface area contributed by atoms with Crippen LogP contribution in [0.4, 0.5) is 10.5 Å². The lowest BCUT2D eigenvalue weighted by atomic mass is 9.98. The number of unbranched alkanes of at least 4 members (excludes halogenated alkanes) is 1. The van der Waals surface area contributed by atoms with Gasteiger partial charge in [0.2, 0.25) is 5.91 Å². The summed E-state index contributed by atoms with van der Waals surface area (Å²) in [6.07, 6.45) is 1.23. The third kappa shape index (κ3) is 8.40. The van der Waals surface area contributed by atoms with E-state index in [0.717, 1.165) is 13.0 Å². The Hall–Kier alpha value is -3.59. The quantitative estimate of drug-likeness (QED) is 0.331. The third-order valence-electron chi connectivity index (χ3n) is 4.85. The van der Waals surface area contributed by atoms with Gasteiger partial charge in [0.15, 0.2) is 0 Å². The van der Waals surface area contributed by atoms with Crippen LogP contribution in [-0.2, 0) is 9.53 Å². The van der Waals surface area contributed by atoms with Gasteiger partial charge in [-0.25, -0.2) is 9.59 Å². The van der Waals surface area contributed by atoms with Crippen molar-refractivity contribution in [2.24, 2.45) is 0 Å². The number of phenolic OH excluding ortho intramolecular Hbond substituents is 1. The number of carboxylic acids is 1. The molecule has 0 fully saturated rings. The Labute approximate surface area is 199 Å². The number of hydrogen-bond donors (Lipinski definition) is 5. The predicted octanol–water partition coefficient (Wildman–Crippen LogP) is 3.98. The summed E-state index contributed by atoms with van der Waals surface area (Å²) in [4.78, 5) is 37.0. The molecule has 34 heavy (non-hydrogen) atoms. The average Bonchev–Trinajstić information content (AvgIpc) is 2.74. The predicted molar refractivity (Wildman–Crippen MR) is 130 cm³/mol. The van der Waals surface area contributed by atoms with Gasteiger partial charge in [0.05, 0.1) is 5.56 Å². The summed E-state index contributed by atoms with van der Waals surface area (Å²) in [5.74, 6) is -1.59. The van der Waals surface area contributed by atoms with Gasteiger partial charge in [-0.1, -0.05) is 12.1 Å². The Morgan fingerprint density at radius 1 is 1.06 bits per heavy atom. The summed E-state index contributed by atoms with van der Waals surface area (Å²) in [5, 5.41) is 27.8. The second-order valence-electron chi connectivity index (χ2n) is 8.90. The van der Waals surface area contributed by atoms with Crippen molar-refractivity contribution >= 4 is 23.7 Å². The van der Waals surface area contributed by atoms with Crippen molar-refractivity contribution in [3.63, 3.8) is 0 Å². The molecule has 0 saturated carbocycles. The van der Waals surface area contributed by atoms with E-state index in [4.69, 9.17) is 4.74 Å². The number of phenols is 1. The number of carboxylic acid groups (broad SMARTS) is 1. The van der Waals surface area contributed by atoms with E-state index in [1.807, 2.05) is 7.05 Å². The Bertz CT molecular complexity index is 1020. The van der Waals surface area contributed by atoms with E-state index in [1.54, 1.807) is 32.9 Å². The van der Waals surface area contributed by atoms with Crippen LogP contribution in [0.2, 0.25) is 0 Å². The molecule has 2 amide bonds. The van der Waals surface area contributed by atoms with Gasteiger partial charge in [0.1, 0.15) is 17.4 Å². The average molecular weight is 472 g/mol. The zero-order valence-corrected chi connectivity index (χ0v) is 20.0. The maximum absolute atomic E-state index is 13.0. The largest absolute Gasteiger partial charge is 0.508 e. The lowest BCUT2D eigenvalue weighted by Gasteiger charge is -2.23. The molecule has 0 bridgehead atoms. The molecule has 0 heterocycles. The van der Waals surface area contributed by atoms with Crippen LogP contribution >= 0.6 is 0 Å². The number of aromatic carboxylic acids is 1. The van der Waals surface area contributed by atoms with Gasteiger partial charge in [-0.2, -0.15) is 0 Å². The number of benzene rings is 2. The van der Waals surface area contributed by atoms with Gasteiger partial charge in [-0.15, -0.1) is 0 Å². The minimum atomic E-state index is -1.13. The SMILES string of the molecule is CNCCCC[C@H](NC(=O)OC(C)(C)C)C(=O)Nc1ccc(C(=O)O)c(-c2cccc(O)c2)c1. The van der Waals surface area contributed by atoms with Crippen LogP contribution in [0.5, 0.6) is 5.75 Å². The fourth-order valence-corrected chi connectivity index (χ4v) is 3.32. The first-order valence-electron chi connectivity index (χ1n) is 11.1. The van der Waals surface area contributed by atoms with Crippen LogP contribution in [0, 0.1) is 0 Å². The Morgan fingerprint density at radius 2 is 1.79 bits per heavy atom. The van der Waals surface area contributed by atoms with Crippen LogP contribution < -0.4 is 16.0 Å². The molecule has 0 saturated heterocycles. The molecule has 0 aromatic heterocycles. The molecular weight excluding hydrogens is 438 g/mol. The van der Waals surface area contributed by atoms with Crippen LogP contribution in [0.25, 0.3) is 11.1 Å². The number of carbonyl (C=O) groups is 3. The van der Waals surface area contributed by atoms with Crippen molar-refractivity contribution in [3.05, 3.63) is 48.0 Å². The normalized spacial score (nSPS) is 12.0. The molecule has 0 aliphatic heterocycles. The molecule has 2 aromatic carbocycles. The molecule has 0 unspecified atom stereocenters. The number of alkyl carbamates (subject to hydrolysis) is 1. The summed E-state index contributed by atoms with van der Waals surface area (Å²) in [6.45, 7) is 6.00.